The van der Waals surface area contributed by atoms with Crippen molar-refractivity contribution >= 4 is 11.8 Å². The zero-order valence-corrected chi connectivity index (χ0v) is 18.3. The summed E-state index contributed by atoms with van der Waals surface area (Å²) in [5.74, 6) is -1.87. The van der Waals surface area contributed by atoms with E-state index in [4.69, 9.17) is 0 Å². The third-order valence-electron chi connectivity index (χ3n) is 6.33. The molecule has 10 heteroatoms. The molecule has 0 bridgehead atoms. The number of pyridine rings is 1. The zero-order chi connectivity index (χ0) is 23.8. The fourth-order valence-electron chi connectivity index (χ4n) is 4.70. The highest BCUT2D eigenvalue weighted by atomic mass is 19.1. The first-order chi connectivity index (χ1) is 16.4. The number of benzene rings is 1. The van der Waals surface area contributed by atoms with E-state index in [1.165, 1.54) is 28.9 Å². The lowest BCUT2D eigenvalue weighted by atomic mass is 10.0. The Morgan fingerprint density at radius 3 is 2.79 bits per heavy atom. The fraction of sp³-hybridized carbons (Fsp3) is 0.333. The van der Waals surface area contributed by atoms with Gasteiger partial charge in [0.15, 0.2) is 0 Å². The van der Waals surface area contributed by atoms with E-state index in [1.54, 1.807) is 17.3 Å². The van der Waals surface area contributed by atoms with Crippen LogP contribution in [-0.4, -0.2) is 55.8 Å². The number of carbonyl (C=O) groups excluding carboxylic acids is 2. The number of carbonyl (C=O) groups is 2. The van der Waals surface area contributed by atoms with Crippen molar-refractivity contribution in [3.8, 4) is 11.3 Å². The normalized spacial score (nSPS) is 17.2. The minimum absolute atomic E-state index is 0.0308. The number of hydrogen-bond acceptors (Lipinski definition) is 5. The maximum absolute atomic E-state index is 14.4. The molecule has 2 aliphatic heterocycles. The Bertz CT molecular complexity index is 1260. The first-order valence-electron chi connectivity index (χ1n) is 11.1. The summed E-state index contributed by atoms with van der Waals surface area (Å²) in [7, 11) is 0. The van der Waals surface area contributed by atoms with E-state index in [0.717, 1.165) is 12.8 Å². The van der Waals surface area contributed by atoms with Gasteiger partial charge in [-0.25, -0.2) is 8.78 Å². The summed E-state index contributed by atoms with van der Waals surface area (Å²) in [6.07, 6.45) is 5.12. The SMILES string of the molecule is O=C1NCc2cc(-c3c(F)cccc3F)nc(Cc3cnn(CC(=O)N4CCC[C@H]4CO)c3)c21. The first kappa shape index (κ1) is 22.1. The lowest BCUT2D eigenvalue weighted by molar-refractivity contribution is -0.133. The van der Waals surface area contributed by atoms with Crippen LogP contribution < -0.4 is 5.32 Å². The predicted octanol–water partition coefficient (Wildman–Crippen LogP) is 2.04. The number of likely N-dealkylation sites (tertiary alicyclic amines) is 1. The van der Waals surface area contributed by atoms with Crippen LogP contribution in [0.2, 0.25) is 0 Å². The Hall–Kier alpha value is -3.66. The molecule has 2 amide bonds. The topological polar surface area (TPSA) is 100 Å². The minimum atomic E-state index is -0.731. The van der Waals surface area contributed by atoms with E-state index in [1.807, 2.05) is 0 Å². The lowest BCUT2D eigenvalue weighted by Gasteiger charge is -2.22. The number of aliphatic hydroxyl groups is 1. The number of amides is 2. The maximum atomic E-state index is 14.4. The maximum Gasteiger partial charge on any atom is 0.253 e. The smallest absolute Gasteiger partial charge is 0.253 e. The molecule has 0 unspecified atom stereocenters. The van der Waals surface area contributed by atoms with Crippen LogP contribution in [-0.2, 0) is 24.3 Å². The molecular weight excluding hydrogens is 444 g/mol. The quantitative estimate of drug-likeness (QED) is 0.578. The molecule has 2 aliphatic rings. The Morgan fingerprint density at radius 2 is 2.03 bits per heavy atom. The van der Waals surface area contributed by atoms with Gasteiger partial charge in [0.2, 0.25) is 5.91 Å². The van der Waals surface area contributed by atoms with Crippen LogP contribution in [0, 0.1) is 11.6 Å². The standard InChI is InChI=1S/C24H23F2N5O3/c25-17-4-1-5-18(26)23(17)20-8-15-10-27-24(34)22(15)19(29-20)7-14-9-28-30(11-14)12-21(33)31-6-2-3-16(31)13-32/h1,4-5,8-9,11,16,32H,2-3,6-7,10,12-13H2,(H,27,34)/t16-/m0/s1. The van der Waals surface area contributed by atoms with Crippen LogP contribution in [0.3, 0.4) is 0 Å². The summed E-state index contributed by atoms with van der Waals surface area (Å²) in [4.78, 5) is 31.2. The molecule has 1 atom stereocenters. The van der Waals surface area contributed by atoms with Gasteiger partial charge in [-0.2, -0.15) is 5.10 Å². The number of fused-ring (bicyclic) bond motifs is 1. The monoisotopic (exact) mass is 467 g/mol. The van der Waals surface area contributed by atoms with Gasteiger partial charge in [0.05, 0.1) is 41.4 Å². The highest BCUT2D eigenvalue weighted by Crippen LogP contribution is 2.30. The summed E-state index contributed by atoms with van der Waals surface area (Å²) >= 11 is 0. The molecule has 34 heavy (non-hydrogen) atoms. The van der Waals surface area contributed by atoms with Gasteiger partial charge in [0.25, 0.3) is 5.91 Å². The number of aromatic nitrogens is 3. The van der Waals surface area contributed by atoms with Crippen LogP contribution >= 0.6 is 0 Å². The molecule has 176 valence electrons. The molecule has 1 aromatic carbocycles. The second kappa shape index (κ2) is 8.94. The van der Waals surface area contributed by atoms with Gasteiger partial charge in [-0.1, -0.05) is 6.07 Å². The average molecular weight is 467 g/mol. The Labute approximate surface area is 194 Å². The molecule has 2 aromatic heterocycles. The van der Waals surface area contributed by atoms with E-state index >= 15 is 0 Å². The molecule has 8 nitrogen and oxygen atoms in total. The Morgan fingerprint density at radius 1 is 1.24 bits per heavy atom. The van der Waals surface area contributed by atoms with Gasteiger partial charge in [0, 0.05) is 25.7 Å². The van der Waals surface area contributed by atoms with Gasteiger partial charge < -0.3 is 15.3 Å². The molecule has 0 aliphatic carbocycles. The average Bonchev–Trinajstić information content (AvgIpc) is 3.54. The van der Waals surface area contributed by atoms with E-state index < -0.39 is 11.6 Å². The highest BCUT2D eigenvalue weighted by molar-refractivity contribution is 5.99. The third kappa shape index (κ3) is 4.05. The van der Waals surface area contributed by atoms with Crippen molar-refractivity contribution < 1.29 is 23.5 Å². The van der Waals surface area contributed by atoms with Crippen LogP contribution in [0.4, 0.5) is 8.78 Å². The van der Waals surface area contributed by atoms with Gasteiger partial charge in [-0.05, 0) is 42.2 Å². The van der Waals surface area contributed by atoms with Gasteiger partial charge in [0.1, 0.15) is 18.2 Å². The number of aliphatic hydroxyl groups excluding tert-OH is 1. The molecule has 0 saturated carbocycles. The van der Waals surface area contributed by atoms with Gasteiger partial charge >= 0.3 is 0 Å². The number of hydrogen-bond donors (Lipinski definition) is 2. The second-order valence-electron chi connectivity index (χ2n) is 8.56. The molecule has 1 saturated heterocycles. The summed E-state index contributed by atoms with van der Waals surface area (Å²) in [6.45, 7) is 0.835. The lowest BCUT2D eigenvalue weighted by Crippen LogP contribution is -2.39. The van der Waals surface area contributed by atoms with Crippen molar-refractivity contribution in [2.24, 2.45) is 0 Å². The number of halogens is 2. The fourth-order valence-corrected chi connectivity index (χ4v) is 4.70. The van der Waals surface area contributed by atoms with E-state index in [9.17, 15) is 23.5 Å². The highest BCUT2D eigenvalue weighted by Gasteiger charge is 2.29. The van der Waals surface area contributed by atoms with Gasteiger partial charge in [-0.15, -0.1) is 0 Å². The Balaban J connectivity index is 1.42. The molecule has 1 fully saturated rings. The van der Waals surface area contributed by atoms with E-state index in [2.05, 4.69) is 15.4 Å². The summed E-state index contributed by atoms with van der Waals surface area (Å²) in [6, 6.07) is 5.00. The van der Waals surface area contributed by atoms with Crippen molar-refractivity contribution in [1.29, 1.82) is 0 Å². The molecule has 0 radical (unpaired) electrons. The van der Waals surface area contributed by atoms with Crippen molar-refractivity contribution in [3.63, 3.8) is 0 Å². The molecule has 0 spiro atoms. The van der Waals surface area contributed by atoms with Crippen LogP contribution in [0.25, 0.3) is 11.3 Å². The predicted molar refractivity (Wildman–Crippen MR) is 118 cm³/mol. The zero-order valence-electron chi connectivity index (χ0n) is 18.3. The van der Waals surface area contributed by atoms with Crippen molar-refractivity contribution in [1.82, 2.24) is 25.0 Å². The van der Waals surface area contributed by atoms with Crippen molar-refractivity contribution in [2.45, 2.75) is 38.4 Å². The molecule has 5 rings (SSSR count). The molecule has 2 N–H and O–H groups in total. The van der Waals surface area contributed by atoms with Crippen molar-refractivity contribution in [3.05, 3.63) is 70.7 Å². The van der Waals surface area contributed by atoms with Crippen LogP contribution in [0.5, 0.6) is 0 Å². The third-order valence-corrected chi connectivity index (χ3v) is 6.33. The molecule has 4 heterocycles. The number of nitrogens with zero attached hydrogens (tertiary/aromatic N) is 4. The van der Waals surface area contributed by atoms with Crippen molar-refractivity contribution in [2.75, 3.05) is 13.2 Å². The molecule has 3 aromatic rings. The first-order valence-corrected chi connectivity index (χ1v) is 11.1. The van der Waals surface area contributed by atoms with E-state index in [-0.39, 0.29) is 55.2 Å². The largest absolute Gasteiger partial charge is 0.394 e. The summed E-state index contributed by atoms with van der Waals surface area (Å²) < 4.78 is 30.3. The minimum Gasteiger partial charge on any atom is -0.394 e. The summed E-state index contributed by atoms with van der Waals surface area (Å²) in [5, 5.41) is 16.4. The summed E-state index contributed by atoms with van der Waals surface area (Å²) in [5.41, 5.74) is 1.99. The number of rotatable bonds is 6. The van der Waals surface area contributed by atoms with Crippen LogP contribution in [0.15, 0.2) is 36.7 Å². The molecular formula is C24H23F2N5O3. The number of nitrogens with one attached hydrogen (secondary N) is 1. The van der Waals surface area contributed by atoms with Crippen LogP contribution in [0.1, 0.15) is 40.0 Å². The van der Waals surface area contributed by atoms with E-state index in [0.29, 0.717) is 28.9 Å². The Kier molecular flexibility index (Phi) is 5.82. The second-order valence-corrected chi connectivity index (χ2v) is 8.56. The van der Waals surface area contributed by atoms with Gasteiger partial charge in [-0.3, -0.25) is 19.3 Å².